The molecule has 1 saturated carbocycles. The number of aryl methyl sites for hydroxylation is 1. The van der Waals surface area contributed by atoms with Crippen molar-refractivity contribution in [3.05, 3.63) is 21.9 Å². The van der Waals surface area contributed by atoms with Gasteiger partial charge in [0, 0.05) is 17.5 Å². The molecule has 1 aliphatic carbocycles. The van der Waals surface area contributed by atoms with Crippen LogP contribution in [0, 0.1) is 5.41 Å². The highest BCUT2D eigenvalue weighted by atomic mass is 32.1. The summed E-state index contributed by atoms with van der Waals surface area (Å²) < 4.78 is 0. The molecular weight excluding hydrogens is 226 g/mol. The number of rotatable bonds is 4. The molecule has 1 nitrogen and oxygen atoms in total. The van der Waals surface area contributed by atoms with Crippen LogP contribution in [-0.4, -0.2) is 6.04 Å². The molecule has 0 saturated heterocycles. The zero-order valence-corrected chi connectivity index (χ0v) is 12.2. The second kappa shape index (κ2) is 5.53. The van der Waals surface area contributed by atoms with Crippen molar-refractivity contribution in [1.82, 2.24) is 5.32 Å². The maximum atomic E-state index is 3.80. The highest BCUT2D eigenvalue weighted by Crippen LogP contribution is 2.35. The lowest BCUT2D eigenvalue weighted by atomic mass is 9.73. The predicted octanol–water partition coefficient (Wildman–Crippen LogP) is 4.37. The first-order valence-corrected chi connectivity index (χ1v) is 7.80. The summed E-state index contributed by atoms with van der Waals surface area (Å²) in [4.78, 5) is 1.54. The van der Waals surface area contributed by atoms with E-state index in [0.29, 0.717) is 11.5 Å². The van der Waals surface area contributed by atoms with E-state index in [0.717, 1.165) is 13.0 Å². The molecule has 1 heterocycles. The van der Waals surface area contributed by atoms with Gasteiger partial charge < -0.3 is 5.32 Å². The molecule has 0 amide bonds. The second-order valence-electron chi connectivity index (χ2n) is 5.89. The van der Waals surface area contributed by atoms with Crippen LogP contribution in [0.15, 0.2) is 11.4 Å². The van der Waals surface area contributed by atoms with Gasteiger partial charge in [-0.1, -0.05) is 33.6 Å². The van der Waals surface area contributed by atoms with Gasteiger partial charge in [-0.25, -0.2) is 0 Å². The van der Waals surface area contributed by atoms with E-state index in [1.165, 1.54) is 36.1 Å². The first kappa shape index (κ1) is 13.1. The fraction of sp³-hybridized carbons (Fsp3) is 0.733. The average Bonchev–Trinajstić information content (AvgIpc) is 2.74. The van der Waals surface area contributed by atoms with Crippen LogP contribution in [0.1, 0.15) is 56.9 Å². The van der Waals surface area contributed by atoms with E-state index in [-0.39, 0.29) is 0 Å². The largest absolute Gasteiger partial charge is 0.309 e. The summed E-state index contributed by atoms with van der Waals surface area (Å²) in [7, 11) is 0. The Balaban J connectivity index is 1.93. The molecule has 1 atom stereocenters. The summed E-state index contributed by atoms with van der Waals surface area (Å²) in [6.45, 7) is 8.14. The molecule has 0 aromatic carbocycles. The quantitative estimate of drug-likeness (QED) is 0.838. The van der Waals surface area contributed by atoms with Gasteiger partial charge in [0.25, 0.3) is 0 Å². The van der Waals surface area contributed by atoms with Gasteiger partial charge in [-0.15, -0.1) is 11.3 Å². The first-order chi connectivity index (χ1) is 8.13. The minimum atomic E-state index is 0.474. The van der Waals surface area contributed by atoms with Gasteiger partial charge in [0.2, 0.25) is 0 Å². The van der Waals surface area contributed by atoms with E-state index in [1.807, 2.05) is 11.3 Å². The van der Waals surface area contributed by atoms with Crippen molar-refractivity contribution in [2.24, 2.45) is 5.41 Å². The Morgan fingerprint density at radius 3 is 2.94 bits per heavy atom. The van der Waals surface area contributed by atoms with Gasteiger partial charge in [0.15, 0.2) is 0 Å². The Morgan fingerprint density at radius 1 is 1.41 bits per heavy atom. The molecule has 0 radical (unpaired) electrons. The van der Waals surface area contributed by atoms with Crippen molar-refractivity contribution < 1.29 is 0 Å². The fourth-order valence-electron chi connectivity index (χ4n) is 2.93. The molecule has 17 heavy (non-hydrogen) atoms. The van der Waals surface area contributed by atoms with Gasteiger partial charge >= 0.3 is 0 Å². The Hall–Kier alpha value is -0.340. The van der Waals surface area contributed by atoms with Crippen molar-refractivity contribution in [2.75, 3.05) is 0 Å². The Labute approximate surface area is 110 Å². The van der Waals surface area contributed by atoms with Gasteiger partial charge in [-0.3, -0.25) is 0 Å². The van der Waals surface area contributed by atoms with E-state index in [1.54, 1.807) is 0 Å². The van der Waals surface area contributed by atoms with Gasteiger partial charge in [-0.05, 0) is 41.7 Å². The van der Waals surface area contributed by atoms with E-state index in [4.69, 9.17) is 0 Å². The van der Waals surface area contributed by atoms with Crippen molar-refractivity contribution in [3.8, 4) is 0 Å². The number of nitrogens with one attached hydrogen (secondary N) is 1. The van der Waals surface area contributed by atoms with Crippen molar-refractivity contribution >= 4 is 11.3 Å². The minimum absolute atomic E-state index is 0.474. The summed E-state index contributed by atoms with van der Waals surface area (Å²) in [5, 5.41) is 6.02. The SMILES string of the molecule is CCc1ccsc1CNC1CCCCC1(C)C. The first-order valence-electron chi connectivity index (χ1n) is 6.92. The van der Waals surface area contributed by atoms with Crippen LogP contribution in [0.2, 0.25) is 0 Å². The monoisotopic (exact) mass is 251 g/mol. The van der Waals surface area contributed by atoms with Gasteiger partial charge in [-0.2, -0.15) is 0 Å². The normalized spacial score (nSPS) is 23.8. The van der Waals surface area contributed by atoms with E-state index >= 15 is 0 Å². The maximum Gasteiger partial charge on any atom is 0.0305 e. The zero-order valence-electron chi connectivity index (χ0n) is 11.4. The zero-order chi connectivity index (χ0) is 12.3. The molecular formula is C15H25NS. The Bertz CT molecular complexity index is 354. The predicted molar refractivity (Wildman–Crippen MR) is 76.6 cm³/mol. The Morgan fingerprint density at radius 2 is 2.24 bits per heavy atom. The molecule has 96 valence electrons. The molecule has 2 heteroatoms. The molecule has 0 spiro atoms. The summed E-state index contributed by atoms with van der Waals surface area (Å²) in [6.07, 6.45) is 6.68. The van der Waals surface area contributed by atoms with Crippen LogP contribution < -0.4 is 5.32 Å². The molecule has 1 N–H and O–H groups in total. The lowest BCUT2D eigenvalue weighted by Crippen LogP contribution is -2.43. The van der Waals surface area contributed by atoms with Crippen LogP contribution in [0.25, 0.3) is 0 Å². The van der Waals surface area contributed by atoms with Crippen molar-refractivity contribution in [3.63, 3.8) is 0 Å². The Kier molecular flexibility index (Phi) is 4.26. The molecule has 0 bridgehead atoms. The summed E-state index contributed by atoms with van der Waals surface area (Å²) in [6, 6.07) is 2.97. The fourth-order valence-corrected chi connectivity index (χ4v) is 3.85. The topological polar surface area (TPSA) is 12.0 Å². The molecule has 0 aliphatic heterocycles. The third kappa shape index (κ3) is 3.11. The molecule has 1 aliphatic rings. The highest BCUT2D eigenvalue weighted by molar-refractivity contribution is 7.10. The molecule has 1 unspecified atom stereocenters. The summed E-state index contributed by atoms with van der Waals surface area (Å²) in [5.41, 5.74) is 2.00. The lowest BCUT2D eigenvalue weighted by Gasteiger charge is -2.39. The summed E-state index contributed by atoms with van der Waals surface area (Å²) in [5.74, 6) is 0. The van der Waals surface area contributed by atoms with Crippen molar-refractivity contribution in [1.29, 1.82) is 0 Å². The van der Waals surface area contributed by atoms with Crippen LogP contribution in [0.5, 0.6) is 0 Å². The lowest BCUT2D eigenvalue weighted by molar-refractivity contribution is 0.167. The second-order valence-corrected chi connectivity index (χ2v) is 6.89. The number of thiophene rings is 1. The maximum absolute atomic E-state index is 3.80. The van der Waals surface area contributed by atoms with E-state index < -0.39 is 0 Å². The van der Waals surface area contributed by atoms with Gasteiger partial charge in [0.1, 0.15) is 0 Å². The highest BCUT2D eigenvalue weighted by Gasteiger charge is 2.31. The number of hydrogen-bond donors (Lipinski definition) is 1. The smallest absolute Gasteiger partial charge is 0.0305 e. The van der Waals surface area contributed by atoms with Gasteiger partial charge in [0.05, 0.1) is 0 Å². The minimum Gasteiger partial charge on any atom is -0.309 e. The van der Waals surface area contributed by atoms with Crippen LogP contribution in [0.3, 0.4) is 0 Å². The molecule has 2 rings (SSSR count). The third-order valence-electron chi connectivity index (χ3n) is 4.23. The van der Waals surface area contributed by atoms with Crippen molar-refractivity contribution in [2.45, 2.75) is 65.5 Å². The molecule has 1 fully saturated rings. The molecule has 1 aromatic heterocycles. The van der Waals surface area contributed by atoms with E-state index in [9.17, 15) is 0 Å². The number of hydrogen-bond acceptors (Lipinski definition) is 2. The molecule has 1 aromatic rings. The van der Waals surface area contributed by atoms with Crippen LogP contribution in [-0.2, 0) is 13.0 Å². The summed E-state index contributed by atoms with van der Waals surface area (Å²) >= 11 is 1.90. The van der Waals surface area contributed by atoms with E-state index in [2.05, 4.69) is 37.5 Å². The standard InChI is InChI=1S/C15H25NS/c1-4-12-8-10-17-13(12)11-16-14-7-5-6-9-15(14,2)3/h8,10,14,16H,4-7,9,11H2,1-3H3. The van der Waals surface area contributed by atoms with Crippen LogP contribution in [0.4, 0.5) is 0 Å². The average molecular weight is 251 g/mol. The van der Waals surface area contributed by atoms with Crippen LogP contribution >= 0.6 is 11.3 Å². The third-order valence-corrected chi connectivity index (χ3v) is 5.20.